The summed E-state index contributed by atoms with van der Waals surface area (Å²) in [5.41, 5.74) is 3.42. The monoisotopic (exact) mass is 357 g/mol. The van der Waals surface area contributed by atoms with Crippen molar-refractivity contribution in [3.63, 3.8) is 0 Å². The number of imidazole rings is 1. The SMILES string of the molecule is Cn1c(=O)n(C)c2cc(NC(=O)CCCc3ccc(Cl)cc3)ccc21. The van der Waals surface area contributed by atoms with E-state index in [2.05, 4.69) is 5.32 Å². The van der Waals surface area contributed by atoms with Crippen molar-refractivity contribution in [3.05, 3.63) is 63.5 Å². The third kappa shape index (κ3) is 3.77. The van der Waals surface area contributed by atoms with Crippen molar-refractivity contribution < 1.29 is 4.79 Å². The van der Waals surface area contributed by atoms with Gasteiger partial charge in [-0.05, 0) is 48.7 Å². The largest absolute Gasteiger partial charge is 0.328 e. The van der Waals surface area contributed by atoms with E-state index in [1.54, 1.807) is 23.2 Å². The van der Waals surface area contributed by atoms with Gasteiger partial charge >= 0.3 is 5.69 Å². The van der Waals surface area contributed by atoms with Crippen LogP contribution in [0, 0.1) is 0 Å². The molecule has 0 aliphatic rings. The first kappa shape index (κ1) is 17.3. The molecular weight excluding hydrogens is 338 g/mol. The van der Waals surface area contributed by atoms with Gasteiger partial charge in [0, 0.05) is 31.2 Å². The quantitative estimate of drug-likeness (QED) is 0.759. The van der Waals surface area contributed by atoms with Crippen LogP contribution in [0.25, 0.3) is 11.0 Å². The van der Waals surface area contributed by atoms with Gasteiger partial charge in [0.05, 0.1) is 11.0 Å². The van der Waals surface area contributed by atoms with E-state index >= 15 is 0 Å². The molecule has 3 rings (SSSR count). The van der Waals surface area contributed by atoms with E-state index in [0.29, 0.717) is 17.1 Å². The Morgan fingerprint density at radius 3 is 2.44 bits per heavy atom. The van der Waals surface area contributed by atoms with Crippen LogP contribution < -0.4 is 11.0 Å². The second kappa shape index (κ2) is 7.15. The molecule has 25 heavy (non-hydrogen) atoms. The number of hydrogen-bond donors (Lipinski definition) is 1. The van der Waals surface area contributed by atoms with Crippen molar-refractivity contribution in [1.29, 1.82) is 0 Å². The molecule has 1 aromatic heterocycles. The highest BCUT2D eigenvalue weighted by atomic mass is 35.5. The molecule has 0 saturated carbocycles. The fourth-order valence-electron chi connectivity index (χ4n) is 2.91. The average Bonchev–Trinajstić information content (AvgIpc) is 2.81. The van der Waals surface area contributed by atoms with Crippen molar-refractivity contribution in [2.45, 2.75) is 19.3 Å². The molecule has 1 N–H and O–H groups in total. The number of hydrogen-bond acceptors (Lipinski definition) is 2. The van der Waals surface area contributed by atoms with E-state index in [0.717, 1.165) is 29.4 Å². The third-order valence-electron chi connectivity index (χ3n) is 4.34. The maximum absolute atomic E-state index is 12.1. The van der Waals surface area contributed by atoms with E-state index in [1.165, 1.54) is 0 Å². The molecule has 0 atom stereocenters. The Morgan fingerprint density at radius 2 is 1.72 bits per heavy atom. The summed E-state index contributed by atoms with van der Waals surface area (Å²) in [6, 6.07) is 13.2. The van der Waals surface area contributed by atoms with Crippen molar-refractivity contribution in [2.24, 2.45) is 14.1 Å². The number of carbonyl (C=O) groups excluding carboxylic acids is 1. The second-order valence-corrected chi connectivity index (χ2v) is 6.57. The molecule has 130 valence electrons. The standard InChI is InChI=1S/C19H20ClN3O2/c1-22-16-11-10-15(12-17(16)23(2)19(22)25)21-18(24)5-3-4-13-6-8-14(20)9-7-13/h6-12H,3-5H2,1-2H3,(H,21,24). The van der Waals surface area contributed by atoms with E-state index < -0.39 is 0 Å². The Hall–Kier alpha value is -2.53. The molecule has 6 heteroatoms. The highest BCUT2D eigenvalue weighted by Gasteiger charge is 2.09. The number of amides is 1. The van der Waals surface area contributed by atoms with Crippen LogP contribution in [0.3, 0.4) is 0 Å². The van der Waals surface area contributed by atoms with Crippen molar-refractivity contribution >= 4 is 34.2 Å². The lowest BCUT2D eigenvalue weighted by atomic mass is 10.1. The van der Waals surface area contributed by atoms with Gasteiger partial charge in [-0.15, -0.1) is 0 Å². The Balaban J connectivity index is 1.61. The molecule has 0 fully saturated rings. The number of fused-ring (bicyclic) bond motifs is 1. The first-order valence-corrected chi connectivity index (χ1v) is 8.53. The summed E-state index contributed by atoms with van der Waals surface area (Å²) in [6.07, 6.45) is 2.03. The van der Waals surface area contributed by atoms with Crippen molar-refractivity contribution in [1.82, 2.24) is 9.13 Å². The van der Waals surface area contributed by atoms with Crippen LogP contribution in [0.1, 0.15) is 18.4 Å². The van der Waals surface area contributed by atoms with Gasteiger partial charge in [0.1, 0.15) is 0 Å². The van der Waals surface area contributed by atoms with Crippen LogP contribution in [0.5, 0.6) is 0 Å². The van der Waals surface area contributed by atoms with Gasteiger partial charge < -0.3 is 5.32 Å². The predicted octanol–water partition coefficient (Wildman–Crippen LogP) is 3.49. The van der Waals surface area contributed by atoms with E-state index in [-0.39, 0.29) is 11.6 Å². The maximum atomic E-state index is 12.1. The molecule has 0 spiro atoms. The molecule has 5 nitrogen and oxygen atoms in total. The van der Waals surface area contributed by atoms with Gasteiger partial charge in [-0.25, -0.2) is 4.79 Å². The van der Waals surface area contributed by atoms with Crippen LogP contribution in [-0.4, -0.2) is 15.0 Å². The number of benzene rings is 2. The fraction of sp³-hybridized carbons (Fsp3) is 0.263. The van der Waals surface area contributed by atoms with Crippen molar-refractivity contribution in [3.8, 4) is 0 Å². The lowest BCUT2D eigenvalue weighted by Crippen LogP contribution is -2.19. The van der Waals surface area contributed by atoms with Gasteiger partial charge in [-0.2, -0.15) is 0 Å². The van der Waals surface area contributed by atoms with E-state index in [1.807, 2.05) is 42.5 Å². The number of rotatable bonds is 5. The summed E-state index contributed by atoms with van der Waals surface area (Å²) in [7, 11) is 3.46. The van der Waals surface area contributed by atoms with Crippen LogP contribution >= 0.6 is 11.6 Å². The molecule has 2 aromatic carbocycles. The summed E-state index contributed by atoms with van der Waals surface area (Å²) in [6.45, 7) is 0. The zero-order chi connectivity index (χ0) is 18.0. The van der Waals surface area contributed by atoms with Crippen molar-refractivity contribution in [2.75, 3.05) is 5.32 Å². The van der Waals surface area contributed by atoms with Gasteiger partial charge in [-0.3, -0.25) is 13.9 Å². The number of nitrogens with zero attached hydrogens (tertiary/aromatic N) is 2. The molecule has 0 saturated heterocycles. The minimum Gasteiger partial charge on any atom is -0.326 e. The number of aromatic nitrogens is 2. The summed E-state index contributed by atoms with van der Waals surface area (Å²) >= 11 is 5.86. The van der Waals surface area contributed by atoms with Gasteiger partial charge in [-0.1, -0.05) is 23.7 Å². The number of aryl methyl sites for hydroxylation is 3. The summed E-state index contributed by atoms with van der Waals surface area (Å²) in [5.74, 6) is -0.0331. The predicted molar refractivity (Wildman–Crippen MR) is 101 cm³/mol. The Labute approximate surface area is 150 Å². The van der Waals surface area contributed by atoms with Gasteiger partial charge in [0.2, 0.25) is 5.91 Å². The summed E-state index contributed by atoms with van der Waals surface area (Å²) < 4.78 is 3.17. The Morgan fingerprint density at radius 1 is 1.04 bits per heavy atom. The lowest BCUT2D eigenvalue weighted by Gasteiger charge is -2.06. The maximum Gasteiger partial charge on any atom is 0.328 e. The first-order chi connectivity index (χ1) is 12.0. The average molecular weight is 358 g/mol. The molecular formula is C19H20ClN3O2. The summed E-state index contributed by atoms with van der Waals surface area (Å²) in [4.78, 5) is 24.1. The van der Waals surface area contributed by atoms with Crippen LogP contribution in [0.2, 0.25) is 5.02 Å². The first-order valence-electron chi connectivity index (χ1n) is 8.15. The van der Waals surface area contributed by atoms with Crippen LogP contribution in [0.4, 0.5) is 5.69 Å². The number of nitrogens with one attached hydrogen (secondary N) is 1. The molecule has 1 heterocycles. The molecule has 0 radical (unpaired) electrons. The number of anilines is 1. The third-order valence-corrected chi connectivity index (χ3v) is 4.59. The number of carbonyl (C=O) groups is 1. The zero-order valence-corrected chi connectivity index (χ0v) is 15.0. The van der Waals surface area contributed by atoms with E-state index in [9.17, 15) is 9.59 Å². The minimum absolute atomic E-state index is 0.0331. The topological polar surface area (TPSA) is 56.0 Å². The van der Waals surface area contributed by atoms with E-state index in [4.69, 9.17) is 11.6 Å². The second-order valence-electron chi connectivity index (χ2n) is 6.13. The fourth-order valence-corrected chi connectivity index (χ4v) is 3.04. The molecule has 3 aromatic rings. The Bertz CT molecular complexity index is 971. The smallest absolute Gasteiger partial charge is 0.326 e. The van der Waals surface area contributed by atoms with Gasteiger partial charge in [0.15, 0.2) is 0 Å². The number of halogens is 1. The molecule has 0 aliphatic carbocycles. The van der Waals surface area contributed by atoms with Gasteiger partial charge in [0.25, 0.3) is 0 Å². The zero-order valence-electron chi connectivity index (χ0n) is 14.3. The van der Waals surface area contributed by atoms with Crippen LogP contribution in [-0.2, 0) is 25.3 Å². The highest BCUT2D eigenvalue weighted by Crippen LogP contribution is 2.18. The summed E-state index contributed by atoms with van der Waals surface area (Å²) in [5, 5.41) is 3.62. The van der Waals surface area contributed by atoms with Crippen LogP contribution in [0.15, 0.2) is 47.3 Å². The highest BCUT2D eigenvalue weighted by molar-refractivity contribution is 6.30. The minimum atomic E-state index is -0.0820. The normalized spacial score (nSPS) is 11.0. The Kier molecular flexibility index (Phi) is 4.95. The lowest BCUT2D eigenvalue weighted by molar-refractivity contribution is -0.116. The molecule has 0 unspecified atom stereocenters. The molecule has 0 aliphatic heterocycles. The molecule has 1 amide bonds. The molecule has 0 bridgehead atoms.